The first-order chi connectivity index (χ1) is 5.58. The molecular weight excluding hydrogens is 164 g/mol. The Morgan fingerprint density at radius 2 is 1.62 bits per heavy atom. The molecule has 0 aromatic heterocycles. The van der Waals surface area contributed by atoms with Crippen molar-refractivity contribution in [1.29, 1.82) is 0 Å². The molecule has 0 saturated heterocycles. The molecule has 0 atom stereocenters. The summed E-state index contributed by atoms with van der Waals surface area (Å²) in [5, 5.41) is 0. The average molecular weight is 183 g/mol. The van der Waals surface area contributed by atoms with E-state index >= 15 is 0 Å². The Labute approximate surface area is 79.9 Å². The van der Waals surface area contributed by atoms with Crippen molar-refractivity contribution in [3.8, 4) is 0 Å². The zero-order valence-corrected chi connectivity index (χ0v) is 8.54. The molecule has 1 aromatic carbocycles. The number of quaternary nitrogens is 1. The smallest absolute Gasteiger partial charge is 0.0853 e. The van der Waals surface area contributed by atoms with E-state index in [1.54, 1.807) is 0 Å². The van der Waals surface area contributed by atoms with Gasteiger partial charge in [-0.1, -0.05) is 30.3 Å². The molecule has 0 fully saturated rings. The topological polar surface area (TPSA) is 43.5 Å². The van der Waals surface area contributed by atoms with Crippen LogP contribution < -0.4 is 5.43 Å². The van der Waals surface area contributed by atoms with E-state index in [0.29, 0.717) is 0 Å². The number of hydrogen-bond donors (Lipinski definition) is 1. The van der Waals surface area contributed by atoms with Gasteiger partial charge in [-0.3, -0.25) is 4.59 Å². The van der Waals surface area contributed by atoms with E-state index in [2.05, 4.69) is 50.8 Å². The standard InChI is InChI=1S/C10H17N2.H2O/c1-12(2,3)11-9-10-7-5-4-6-8-10;/h4-8,11H,9H2,1-3H3;1H2/q+1;. The lowest BCUT2D eigenvalue weighted by Gasteiger charge is -2.23. The summed E-state index contributed by atoms with van der Waals surface area (Å²) >= 11 is 0. The van der Waals surface area contributed by atoms with Crippen molar-refractivity contribution in [1.82, 2.24) is 5.43 Å². The highest BCUT2D eigenvalue weighted by Gasteiger charge is 2.04. The first-order valence-electron chi connectivity index (χ1n) is 4.18. The fourth-order valence-corrected chi connectivity index (χ4v) is 0.924. The Hall–Kier alpha value is -0.900. The normalized spacial score (nSPS) is 10.7. The van der Waals surface area contributed by atoms with Crippen LogP contribution in [-0.4, -0.2) is 31.2 Å². The monoisotopic (exact) mass is 183 g/mol. The maximum Gasteiger partial charge on any atom is 0.0853 e. The molecule has 3 heteroatoms. The quantitative estimate of drug-likeness (QED) is 0.540. The molecule has 74 valence electrons. The molecule has 0 aliphatic rings. The lowest BCUT2D eigenvalue weighted by atomic mass is 10.2. The molecule has 0 bridgehead atoms. The Morgan fingerprint density at radius 1 is 1.08 bits per heavy atom. The van der Waals surface area contributed by atoms with E-state index in [0.717, 1.165) is 11.1 Å². The lowest BCUT2D eigenvalue weighted by molar-refractivity contribution is -0.917. The number of hydrogen-bond acceptors (Lipinski definition) is 1. The van der Waals surface area contributed by atoms with Crippen LogP contribution in [0.2, 0.25) is 0 Å². The molecule has 0 radical (unpaired) electrons. The zero-order valence-electron chi connectivity index (χ0n) is 8.54. The summed E-state index contributed by atoms with van der Waals surface area (Å²) < 4.78 is 0.787. The summed E-state index contributed by atoms with van der Waals surface area (Å²) in [5.74, 6) is 0. The van der Waals surface area contributed by atoms with Gasteiger partial charge in [-0.2, -0.15) is 5.43 Å². The van der Waals surface area contributed by atoms with Crippen molar-refractivity contribution >= 4 is 0 Å². The van der Waals surface area contributed by atoms with Gasteiger partial charge in [0, 0.05) is 0 Å². The second-order valence-corrected chi connectivity index (χ2v) is 3.83. The molecule has 3 nitrogen and oxygen atoms in total. The van der Waals surface area contributed by atoms with E-state index in [-0.39, 0.29) is 5.48 Å². The maximum absolute atomic E-state index is 3.38. The largest absolute Gasteiger partial charge is 0.412 e. The van der Waals surface area contributed by atoms with Crippen molar-refractivity contribution in [3.05, 3.63) is 35.9 Å². The summed E-state index contributed by atoms with van der Waals surface area (Å²) in [7, 11) is 6.34. The SMILES string of the molecule is C[N+](C)(C)NCc1ccccc1.O. The molecule has 0 aliphatic heterocycles. The van der Waals surface area contributed by atoms with Crippen molar-refractivity contribution in [2.75, 3.05) is 21.1 Å². The maximum atomic E-state index is 3.38. The first kappa shape index (κ1) is 12.1. The average Bonchev–Trinajstić information content (AvgIpc) is 2.02. The van der Waals surface area contributed by atoms with Gasteiger partial charge in [0.15, 0.2) is 0 Å². The molecule has 1 aromatic rings. The Kier molecular flexibility index (Phi) is 4.62. The Balaban J connectivity index is 0.00000144. The third kappa shape index (κ3) is 5.36. The van der Waals surface area contributed by atoms with Crippen LogP contribution in [0.15, 0.2) is 30.3 Å². The van der Waals surface area contributed by atoms with Gasteiger partial charge in [0.25, 0.3) is 0 Å². The van der Waals surface area contributed by atoms with Gasteiger partial charge >= 0.3 is 0 Å². The van der Waals surface area contributed by atoms with Gasteiger partial charge < -0.3 is 5.48 Å². The van der Waals surface area contributed by atoms with Gasteiger partial charge in [-0.05, 0) is 5.56 Å². The van der Waals surface area contributed by atoms with E-state index in [4.69, 9.17) is 0 Å². The van der Waals surface area contributed by atoms with Crippen LogP contribution in [-0.2, 0) is 6.54 Å². The summed E-state index contributed by atoms with van der Waals surface area (Å²) in [6, 6.07) is 10.4. The van der Waals surface area contributed by atoms with Crippen molar-refractivity contribution < 1.29 is 10.1 Å². The third-order valence-corrected chi connectivity index (χ3v) is 1.60. The molecule has 3 N–H and O–H groups in total. The predicted molar refractivity (Wildman–Crippen MR) is 54.9 cm³/mol. The van der Waals surface area contributed by atoms with Crippen molar-refractivity contribution in [3.63, 3.8) is 0 Å². The first-order valence-corrected chi connectivity index (χ1v) is 4.18. The molecule has 13 heavy (non-hydrogen) atoms. The third-order valence-electron chi connectivity index (χ3n) is 1.60. The minimum Gasteiger partial charge on any atom is -0.412 e. The van der Waals surface area contributed by atoms with Gasteiger partial charge in [0.1, 0.15) is 0 Å². The number of benzene rings is 1. The fraction of sp³-hybridized carbons (Fsp3) is 0.400. The highest BCUT2D eigenvalue weighted by molar-refractivity contribution is 5.13. The summed E-state index contributed by atoms with van der Waals surface area (Å²) in [4.78, 5) is 0. The number of nitrogens with one attached hydrogen (secondary N) is 1. The predicted octanol–water partition coefficient (Wildman–Crippen LogP) is 0.573. The van der Waals surface area contributed by atoms with Crippen molar-refractivity contribution in [2.45, 2.75) is 6.54 Å². The second kappa shape index (κ2) is 4.97. The highest BCUT2D eigenvalue weighted by Crippen LogP contribution is 1.98. The summed E-state index contributed by atoms with van der Waals surface area (Å²) in [5.41, 5.74) is 4.70. The molecule has 0 saturated carbocycles. The van der Waals surface area contributed by atoms with E-state index in [9.17, 15) is 0 Å². The van der Waals surface area contributed by atoms with Gasteiger partial charge in [-0.15, -0.1) is 0 Å². The zero-order chi connectivity index (χ0) is 9.03. The lowest BCUT2D eigenvalue weighted by Crippen LogP contribution is -2.47. The van der Waals surface area contributed by atoms with Crippen molar-refractivity contribution in [2.24, 2.45) is 0 Å². The highest BCUT2D eigenvalue weighted by atomic mass is 16.0. The number of rotatable bonds is 3. The van der Waals surface area contributed by atoms with Crippen LogP contribution >= 0.6 is 0 Å². The molecule has 0 amide bonds. The number of nitrogens with zero attached hydrogens (tertiary/aromatic N) is 1. The second-order valence-electron chi connectivity index (χ2n) is 3.83. The molecule has 0 unspecified atom stereocenters. The van der Waals surface area contributed by atoms with Crippen LogP contribution in [0.1, 0.15) is 5.56 Å². The molecule has 0 spiro atoms. The van der Waals surface area contributed by atoms with E-state index in [1.807, 2.05) is 6.07 Å². The summed E-state index contributed by atoms with van der Waals surface area (Å²) in [6.45, 7) is 0.921. The van der Waals surface area contributed by atoms with Gasteiger partial charge in [-0.25, -0.2) is 0 Å². The minimum atomic E-state index is 0. The van der Waals surface area contributed by atoms with Gasteiger partial charge in [0.05, 0.1) is 27.7 Å². The van der Waals surface area contributed by atoms with Crippen LogP contribution in [0, 0.1) is 0 Å². The Bertz CT molecular complexity index is 228. The van der Waals surface area contributed by atoms with Crippen LogP contribution in [0.4, 0.5) is 0 Å². The molecule has 1 rings (SSSR count). The van der Waals surface area contributed by atoms with E-state index < -0.39 is 0 Å². The van der Waals surface area contributed by atoms with Gasteiger partial charge in [0.2, 0.25) is 0 Å². The Morgan fingerprint density at radius 3 is 2.08 bits per heavy atom. The van der Waals surface area contributed by atoms with Crippen LogP contribution in [0.5, 0.6) is 0 Å². The molecule has 0 heterocycles. The minimum absolute atomic E-state index is 0. The van der Waals surface area contributed by atoms with Crippen LogP contribution in [0.3, 0.4) is 0 Å². The molecule has 0 aliphatic carbocycles. The van der Waals surface area contributed by atoms with E-state index in [1.165, 1.54) is 5.56 Å². The summed E-state index contributed by atoms with van der Waals surface area (Å²) in [6.07, 6.45) is 0. The fourth-order valence-electron chi connectivity index (χ4n) is 0.924. The van der Waals surface area contributed by atoms with Crippen LogP contribution in [0.25, 0.3) is 0 Å². The molecular formula is C10H19N2O+.